The van der Waals surface area contributed by atoms with E-state index in [1.165, 1.54) is 0 Å². The van der Waals surface area contributed by atoms with Gasteiger partial charge in [0.25, 0.3) is 0 Å². The van der Waals surface area contributed by atoms with Crippen LogP contribution in [-0.4, -0.2) is 10.6 Å². The maximum Gasteiger partial charge on any atom is 0.209 e. The van der Waals surface area contributed by atoms with Gasteiger partial charge in [-0.05, 0) is 18.6 Å². The lowest BCUT2D eigenvalue weighted by atomic mass is 9.89. The summed E-state index contributed by atoms with van der Waals surface area (Å²) in [6.07, 6.45) is 0. The molecule has 0 spiro atoms. The molecule has 0 bridgehead atoms. The van der Waals surface area contributed by atoms with Crippen LogP contribution in [0.15, 0.2) is 16.8 Å². The minimum atomic E-state index is -0.433. The molecule has 2 rings (SSSR count). The molecule has 1 aromatic carbocycles. The predicted molar refractivity (Wildman–Crippen MR) is 73.1 cm³/mol. The third-order valence-electron chi connectivity index (χ3n) is 2.74. The van der Waals surface area contributed by atoms with E-state index in [1.807, 2.05) is 0 Å². The zero-order chi connectivity index (χ0) is 12.9. The number of hydrogen-bond acceptors (Lipinski definition) is 5. The first-order valence-corrected chi connectivity index (χ1v) is 5.58. The minimum absolute atomic E-state index is 0.0795. The van der Waals surface area contributed by atoms with E-state index in [0.717, 1.165) is 5.56 Å². The van der Waals surface area contributed by atoms with Crippen LogP contribution in [-0.2, 0) is 0 Å². The van der Waals surface area contributed by atoms with E-state index in [-0.39, 0.29) is 21.2 Å². The monoisotopic (exact) mass is 267 g/mol. The summed E-state index contributed by atoms with van der Waals surface area (Å²) >= 11 is 11.0. The van der Waals surface area contributed by atoms with Crippen LogP contribution in [0.5, 0.6) is 0 Å². The van der Waals surface area contributed by atoms with E-state index >= 15 is 0 Å². The third-order valence-corrected chi connectivity index (χ3v) is 3.54. The fourth-order valence-corrected chi connectivity index (χ4v) is 2.37. The van der Waals surface area contributed by atoms with Gasteiger partial charge in [-0.1, -0.05) is 23.8 Å². The Hall–Kier alpha value is -1.59. The number of thiocarbonyl (C=S) groups is 1. The molecule has 0 unspecified atom stereocenters. The second kappa shape index (κ2) is 3.72. The van der Waals surface area contributed by atoms with Crippen molar-refractivity contribution in [1.82, 2.24) is 0 Å². The van der Waals surface area contributed by atoms with Crippen molar-refractivity contribution in [2.45, 2.75) is 6.92 Å². The van der Waals surface area contributed by atoms with Gasteiger partial charge in [0, 0.05) is 16.9 Å². The fourth-order valence-electron chi connectivity index (χ4n) is 1.81. The van der Waals surface area contributed by atoms with Gasteiger partial charge in [0.05, 0.1) is 16.1 Å². The van der Waals surface area contributed by atoms with Crippen LogP contribution >= 0.6 is 23.8 Å². The molecule has 0 aliphatic heterocycles. The largest absolute Gasteiger partial charge is 0.398 e. The minimum Gasteiger partial charge on any atom is -0.398 e. The molecule has 1 aromatic rings. The first-order chi connectivity index (χ1) is 7.86. The number of ketones is 1. The van der Waals surface area contributed by atoms with Crippen molar-refractivity contribution in [3.8, 4) is 0 Å². The molecule has 0 heterocycles. The Morgan fingerprint density at radius 1 is 1.24 bits per heavy atom. The highest BCUT2D eigenvalue weighted by Gasteiger charge is 2.31. The van der Waals surface area contributed by atoms with Crippen LogP contribution < -0.4 is 17.2 Å². The van der Waals surface area contributed by atoms with Crippen molar-refractivity contribution in [3.63, 3.8) is 0 Å². The van der Waals surface area contributed by atoms with Gasteiger partial charge >= 0.3 is 0 Å². The van der Waals surface area contributed by atoms with Gasteiger partial charge in [-0.3, -0.25) is 4.79 Å². The molecular formula is C11H10ClN3OS. The summed E-state index contributed by atoms with van der Waals surface area (Å²) in [5.41, 5.74) is 19.6. The smallest absolute Gasteiger partial charge is 0.209 e. The lowest BCUT2D eigenvalue weighted by Gasteiger charge is -2.21. The summed E-state index contributed by atoms with van der Waals surface area (Å²) in [4.78, 5) is 12.3. The number of fused-ring (bicyclic) bond motifs is 1. The number of nitrogen functional groups attached to an aromatic ring is 2. The van der Waals surface area contributed by atoms with Gasteiger partial charge in [0.1, 0.15) is 5.03 Å². The van der Waals surface area contributed by atoms with Crippen molar-refractivity contribution in [2.75, 3.05) is 11.5 Å². The number of benzene rings is 1. The molecule has 0 saturated heterocycles. The molecule has 1 aliphatic rings. The van der Waals surface area contributed by atoms with Crippen molar-refractivity contribution in [1.29, 1.82) is 0 Å². The average Bonchev–Trinajstić information content (AvgIpc) is 2.28. The normalized spacial score (nSPS) is 15.2. The number of hydrogen-bond donors (Lipinski definition) is 3. The van der Waals surface area contributed by atoms with E-state index in [0.29, 0.717) is 16.9 Å². The van der Waals surface area contributed by atoms with Gasteiger partial charge in [0.2, 0.25) is 5.78 Å². The third kappa shape index (κ3) is 1.50. The molecule has 0 amide bonds. The van der Waals surface area contributed by atoms with Gasteiger partial charge in [-0.15, -0.1) is 0 Å². The summed E-state index contributed by atoms with van der Waals surface area (Å²) in [6.45, 7) is 1.79. The summed E-state index contributed by atoms with van der Waals surface area (Å²) in [7, 11) is 0. The number of carbonyl (C=O) groups excluding carboxylic acids is 1. The second-order valence-corrected chi connectivity index (χ2v) is 4.62. The fraction of sp³-hybridized carbons (Fsp3) is 0.0909. The lowest BCUT2D eigenvalue weighted by molar-refractivity contribution is 0.104. The standard InChI is InChI=1S/C11H10ClN3OS/c1-3-2-4(13)5-6(8(3)14)11(17)9(15)7(12)10(5)16/h2H,13-15H2,1H3. The quantitative estimate of drug-likeness (QED) is 0.489. The molecule has 6 N–H and O–H groups in total. The van der Waals surface area contributed by atoms with Crippen LogP contribution in [0.25, 0.3) is 0 Å². The van der Waals surface area contributed by atoms with Gasteiger partial charge in [-0.25, -0.2) is 0 Å². The Labute approximate surface area is 108 Å². The Morgan fingerprint density at radius 3 is 2.41 bits per heavy atom. The van der Waals surface area contributed by atoms with Crippen molar-refractivity contribution in [2.24, 2.45) is 5.73 Å². The number of allylic oxidation sites excluding steroid dienone is 2. The van der Waals surface area contributed by atoms with Crippen LogP contribution in [0.3, 0.4) is 0 Å². The highest BCUT2D eigenvalue weighted by Crippen LogP contribution is 2.35. The molecule has 1 aliphatic carbocycles. The van der Waals surface area contributed by atoms with Crippen molar-refractivity contribution >= 4 is 45.8 Å². The number of rotatable bonds is 0. The summed E-state index contributed by atoms with van der Waals surface area (Å²) < 4.78 is 0. The molecule has 88 valence electrons. The molecule has 0 radical (unpaired) electrons. The molecule has 0 aromatic heterocycles. The molecule has 4 nitrogen and oxygen atoms in total. The number of aryl methyl sites for hydroxylation is 1. The molecule has 0 atom stereocenters. The maximum atomic E-state index is 12.0. The molecule has 17 heavy (non-hydrogen) atoms. The highest BCUT2D eigenvalue weighted by atomic mass is 35.5. The first-order valence-electron chi connectivity index (χ1n) is 4.79. The topological polar surface area (TPSA) is 95.1 Å². The maximum absolute atomic E-state index is 12.0. The second-order valence-electron chi connectivity index (χ2n) is 3.83. The number of Topliss-reactive ketones (excluding diaryl/α,β-unsaturated/α-hetero) is 1. The zero-order valence-corrected chi connectivity index (χ0v) is 10.6. The van der Waals surface area contributed by atoms with Crippen LogP contribution in [0.2, 0.25) is 0 Å². The predicted octanol–water partition coefficient (Wildman–Crippen LogP) is 1.48. The Bertz CT molecular complexity index is 607. The Kier molecular flexibility index (Phi) is 2.60. The number of nitrogens with two attached hydrogens (primary N) is 3. The summed E-state index contributed by atoms with van der Waals surface area (Å²) in [5.74, 6) is -0.433. The first kappa shape index (κ1) is 11.9. The molecular weight excluding hydrogens is 258 g/mol. The molecule has 0 saturated carbocycles. The van der Waals surface area contributed by atoms with E-state index in [1.54, 1.807) is 13.0 Å². The number of carbonyl (C=O) groups is 1. The van der Waals surface area contributed by atoms with E-state index < -0.39 is 5.78 Å². The Morgan fingerprint density at radius 2 is 1.82 bits per heavy atom. The van der Waals surface area contributed by atoms with E-state index in [4.69, 9.17) is 41.0 Å². The van der Waals surface area contributed by atoms with Crippen molar-refractivity contribution < 1.29 is 4.79 Å². The van der Waals surface area contributed by atoms with Crippen LogP contribution in [0, 0.1) is 6.92 Å². The van der Waals surface area contributed by atoms with Crippen LogP contribution in [0.4, 0.5) is 11.4 Å². The van der Waals surface area contributed by atoms with Crippen molar-refractivity contribution in [3.05, 3.63) is 33.5 Å². The van der Waals surface area contributed by atoms with E-state index in [9.17, 15) is 4.79 Å². The lowest BCUT2D eigenvalue weighted by Crippen LogP contribution is -2.26. The van der Waals surface area contributed by atoms with Gasteiger partial charge < -0.3 is 17.2 Å². The SMILES string of the molecule is Cc1cc(N)c2c(c1N)C(=S)C(N)=C(Cl)C2=O. The Balaban J connectivity index is 2.90. The van der Waals surface area contributed by atoms with E-state index in [2.05, 4.69) is 0 Å². The zero-order valence-electron chi connectivity index (χ0n) is 9.00. The van der Waals surface area contributed by atoms with Crippen LogP contribution in [0.1, 0.15) is 21.5 Å². The average molecular weight is 268 g/mol. The van der Waals surface area contributed by atoms with Gasteiger partial charge in [0.15, 0.2) is 0 Å². The number of anilines is 2. The van der Waals surface area contributed by atoms with Gasteiger partial charge in [-0.2, -0.15) is 0 Å². The summed E-state index contributed by atoms with van der Waals surface area (Å²) in [6, 6.07) is 1.63. The highest BCUT2D eigenvalue weighted by molar-refractivity contribution is 7.81. The summed E-state index contributed by atoms with van der Waals surface area (Å²) in [5, 5.41) is -0.0996. The molecule has 6 heteroatoms. The molecule has 0 fully saturated rings. The number of halogens is 1.